The van der Waals surface area contributed by atoms with E-state index in [4.69, 9.17) is 4.42 Å². The summed E-state index contributed by atoms with van der Waals surface area (Å²) in [7, 11) is 0. The number of nitrogens with one attached hydrogen (secondary N) is 1. The van der Waals surface area contributed by atoms with Crippen LogP contribution in [0.2, 0.25) is 0 Å². The molecule has 0 aliphatic rings. The maximum Gasteiger partial charge on any atom is 0.120 e. The van der Waals surface area contributed by atoms with Gasteiger partial charge < -0.3 is 9.73 Å². The maximum absolute atomic E-state index is 5.54. The van der Waals surface area contributed by atoms with Gasteiger partial charge in [-0.1, -0.05) is 36.8 Å². The third-order valence-electron chi connectivity index (χ3n) is 3.37. The zero-order valence-electron chi connectivity index (χ0n) is 11.9. The Morgan fingerprint density at radius 3 is 2.58 bits per heavy atom. The summed E-state index contributed by atoms with van der Waals surface area (Å²) < 4.78 is 5.54. The van der Waals surface area contributed by atoms with Gasteiger partial charge in [0, 0.05) is 0 Å². The highest BCUT2D eigenvalue weighted by atomic mass is 16.3. The summed E-state index contributed by atoms with van der Waals surface area (Å²) in [5.41, 5.74) is 2.70. The Hall–Kier alpha value is -1.54. The lowest BCUT2D eigenvalue weighted by molar-refractivity contribution is 0.396. The Morgan fingerprint density at radius 1 is 1.16 bits per heavy atom. The minimum atomic E-state index is 0.316. The summed E-state index contributed by atoms with van der Waals surface area (Å²) in [4.78, 5) is 0. The monoisotopic (exact) mass is 257 g/mol. The molecule has 2 rings (SSSR count). The molecule has 1 atom stereocenters. The fourth-order valence-electron chi connectivity index (χ4n) is 2.22. The molecule has 0 aliphatic carbocycles. The van der Waals surface area contributed by atoms with Crippen LogP contribution in [0.25, 0.3) is 0 Å². The first-order valence-corrected chi connectivity index (χ1v) is 7.12. The quantitative estimate of drug-likeness (QED) is 0.801. The van der Waals surface area contributed by atoms with Crippen LogP contribution in [0.5, 0.6) is 0 Å². The van der Waals surface area contributed by atoms with Crippen molar-refractivity contribution in [3.8, 4) is 0 Å². The Morgan fingerprint density at radius 2 is 1.95 bits per heavy atom. The summed E-state index contributed by atoms with van der Waals surface area (Å²) in [5, 5.41) is 3.56. The van der Waals surface area contributed by atoms with Gasteiger partial charge >= 0.3 is 0 Å². The van der Waals surface area contributed by atoms with E-state index in [9.17, 15) is 0 Å². The molecule has 0 radical (unpaired) electrons. The molecule has 0 spiro atoms. The van der Waals surface area contributed by atoms with Crippen LogP contribution in [-0.2, 0) is 6.42 Å². The van der Waals surface area contributed by atoms with E-state index < -0.39 is 0 Å². The van der Waals surface area contributed by atoms with Crippen LogP contribution in [0, 0.1) is 6.92 Å². The highest BCUT2D eigenvalue weighted by Crippen LogP contribution is 2.20. The fourth-order valence-corrected chi connectivity index (χ4v) is 2.22. The smallest absolute Gasteiger partial charge is 0.120 e. The lowest BCUT2D eigenvalue weighted by Crippen LogP contribution is -2.22. The molecule has 1 aromatic heterocycles. The number of benzene rings is 1. The molecular weight excluding hydrogens is 234 g/mol. The van der Waals surface area contributed by atoms with Crippen molar-refractivity contribution >= 4 is 0 Å². The highest BCUT2D eigenvalue weighted by molar-refractivity contribution is 5.21. The third kappa shape index (κ3) is 4.25. The van der Waals surface area contributed by atoms with Crippen LogP contribution in [-0.4, -0.2) is 6.54 Å². The number of rotatable bonds is 7. The third-order valence-corrected chi connectivity index (χ3v) is 3.37. The molecule has 2 aromatic rings. The summed E-state index contributed by atoms with van der Waals surface area (Å²) in [5.74, 6) is 1.04. The van der Waals surface area contributed by atoms with Crippen molar-refractivity contribution in [2.45, 2.75) is 39.2 Å². The molecule has 0 amide bonds. The molecule has 1 unspecified atom stereocenters. The van der Waals surface area contributed by atoms with Crippen molar-refractivity contribution in [2.75, 3.05) is 6.54 Å². The SMILES string of the molecule is CCCNC(CCc1ccc(C)cc1)c1ccco1. The average Bonchev–Trinajstić information content (AvgIpc) is 2.95. The average molecular weight is 257 g/mol. The second kappa shape index (κ2) is 7.15. The molecule has 1 heterocycles. The molecule has 1 aromatic carbocycles. The second-order valence-corrected chi connectivity index (χ2v) is 5.05. The maximum atomic E-state index is 5.54. The summed E-state index contributed by atoms with van der Waals surface area (Å²) >= 11 is 0. The van der Waals surface area contributed by atoms with Gasteiger partial charge in [0.15, 0.2) is 0 Å². The molecule has 0 bridgehead atoms. The van der Waals surface area contributed by atoms with Gasteiger partial charge in [0.2, 0.25) is 0 Å². The molecule has 102 valence electrons. The van der Waals surface area contributed by atoms with E-state index in [0.29, 0.717) is 6.04 Å². The summed E-state index contributed by atoms with van der Waals surface area (Å²) in [6, 6.07) is 13.1. The van der Waals surface area contributed by atoms with Gasteiger partial charge in [0.05, 0.1) is 12.3 Å². The number of furan rings is 1. The van der Waals surface area contributed by atoms with Crippen LogP contribution in [0.1, 0.15) is 42.7 Å². The summed E-state index contributed by atoms with van der Waals surface area (Å²) in [6.45, 7) is 5.34. The standard InChI is InChI=1S/C17H23NO/c1-3-12-18-16(17-5-4-13-19-17)11-10-15-8-6-14(2)7-9-15/h4-9,13,16,18H,3,10-12H2,1-2H3. The predicted molar refractivity (Wildman–Crippen MR) is 79.2 cm³/mol. The van der Waals surface area contributed by atoms with Crippen LogP contribution < -0.4 is 5.32 Å². The lowest BCUT2D eigenvalue weighted by Gasteiger charge is -2.16. The molecule has 2 nitrogen and oxygen atoms in total. The van der Waals surface area contributed by atoms with Crippen molar-refractivity contribution in [3.63, 3.8) is 0 Å². The Bertz CT molecular complexity index is 459. The predicted octanol–water partition coefficient (Wildman–Crippen LogP) is 4.26. The minimum Gasteiger partial charge on any atom is -0.468 e. The van der Waals surface area contributed by atoms with Gasteiger partial charge in [-0.2, -0.15) is 0 Å². The Balaban J connectivity index is 1.94. The molecule has 0 saturated heterocycles. The van der Waals surface area contributed by atoms with E-state index >= 15 is 0 Å². The first kappa shape index (κ1) is 13.9. The van der Waals surface area contributed by atoms with Gasteiger partial charge in [-0.15, -0.1) is 0 Å². The van der Waals surface area contributed by atoms with Crippen molar-refractivity contribution in [1.82, 2.24) is 5.32 Å². The molecule has 0 saturated carbocycles. The zero-order chi connectivity index (χ0) is 13.5. The molecule has 1 N–H and O–H groups in total. The molecular formula is C17H23NO. The van der Waals surface area contributed by atoms with Gasteiger partial charge in [-0.05, 0) is 50.4 Å². The highest BCUT2D eigenvalue weighted by Gasteiger charge is 2.13. The van der Waals surface area contributed by atoms with Gasteiger partial charge in [0.25, 0.3) is 0 Å². The van der Waals surface area contributed by atoms with Crippen LogP contribution >= 0.6 is 0 Å². The topological polar surface area (TPSA) is 25.2 Å². The molecule has 0 aliphatic heterocycles. The Labute approximate surface area is 115 Å². The van der Waals surface area contributed by atoms with E-state index in [1.165, 1.54) is 11.1 Å². The molecule has 19 heavy (non-hydrogen) atoms. The van der Waals surface area contributed by atoms with Gasteiger partial charge in [-0.25, -0.2) is 0 Å². The fraction of sp³-hybridized carbons (Fsp3) is 0.412. The number of aryl methyl sites for hydroxylation is 2. The van der Waals surface area contributed by atoms with E-state index in [2.05, 4.69) is 49.5 Å². The van der Waals surface area contributed by atoms with Crippen LogP contribution in [0.4, 0.5) is 0 Å². The van der Waals surface area contributed by atoms with E-state index in [1.807, 2.05) is 6.07 Å². The molecule has 0 fully saturated rings. The van der Waals surface area contributed by atoms with E-state index in [-0.39, 0.29) is 0 Å². The first-order valence-electron chi connectivity index (χ1n) is 7.12. The van der Waals surface area contributed by atoms with Gasteiger partial charge in [0.1, 0.15) is 5.76 Å². The van der Waals surface area contributed by atoms with E-state index in [1.54, 1.807) is 6.26 Å². The second-order valence-electron chi connectivity index (χ2n) is 5.05. The van der Waals surface area contributed by atoms with Crippen molar-refractivity contribution in [3.05, 3.63) is 59.5 Å². The van der Waals surface area contributed by atoms with Crippen molar-refractivity contribution in [2.24, 2.45) is 0 Å². The van der Waals surface area contributed by atoms with Crippen LogP contribution in [0.3, 0.4) is 0 Å². The summed E-state index contributed by atoms with van der Waals surface area (Å²) in [6.07, 6.45) is 5.03. The minimum absolute atomic E-state index is 0.316. The van der Waals surface area contributed by atoms with Gasteiger partial charge in [-0.3, -0.25) is 0 Å². The lowest BCUT2D eigenvalue weighted by atomic mass is 10.0. The zero-order valence-corrected chi connectivity index (χ0v) is 11.9. The normalized spacial score (nSPS) is 12.5. The van der Waals surface area contributed by atoms with Crippen molar-refractivity contribution < 1.29 is 4.42 Å². The first-order chi connectivity index (χ1) is 9.29. The molecule has 2 heteroatoms. The van der Waals surface area contributed by atoms with Crippen LogP contribution in [0.15, 0.2) is 47.1 Å². The number of hydrogen-bond donors (Lipinski definition) is 1. The number of hydrogen-bond acceptors (Lipinski definition) is 2. The Kier molecular flexibility index (Phi) is 5.22. The van der Waals surface area contributed by atoms with Crippen molar-refractivity contribution in [1.29, 1.82) is 0 Å². The van der Waals surface area contributed by atoms with E-state index in [0.717, 1.165) is 31.6 Å². The largest absolute Gasteiger partial charge is 0.468 e.